The van der Waals surface area contributed by atoms with Crippen LogP contribution in [-0.2, 0) is 11.8 Å². The summed E-state index contributed by atoms with van der Waals surface area (Å²) in [6.07, 6.45) is 1.34. The summed E-state index contributed by atoms with van der Waals surface area (Å²) in [7, 11) is 1.59. The Kier molecular flexibility index (Phi) is 4.13. The summed E-state index contributed by atoms with van der Waals surface area (Å²) in [4.78, 5) is 22.9. The van der Waals surface area contributed by atoms with E-state index in [4.69, 9.17) is 5.26 Å². The van der Waals surface area contributed by atoms with Crippen LogP contribution in [0.1, 0.15) is 29.9 Å². The van der Waals surface area contributed by atoms with Crippen LogP contribution in [-0.4, -0.2) is 30.4 Å². The maximum atomic E-state index is 12.4. The van der Waals surface area contributed by atoms with Crippen molar-refractivity contribution in [3.63, 3.8) is 0 Å². The van der Waals surface area contributed by atoms with Gasteiger partial charge in [-0.3, -0.25) is 24.3 Å². The Labute approximate surface area is 131 Å². The lowest BCUT2D eigenvalue weighted by Crippen LogP contribution is -2.26. The number of hydrogen-bond donors (Lipinski definition) is 1. The van der Waals surface area contributed by atoms with Gasteiger partial charge in [-0.05, 0) is 20.8 Å². The van der Waals surface area contributed by atoms with E-state index in [1.54, 1.807) is 14.0 Å². The fraction of sp³-hybridized carbons (Fsp3) is 0.385. The largest absolute Gasteiger partial charge is 0.312 e. The number of nitro groups is 1. The summed E-state index contributed by atoms with van der Waals surface area (Å²) in [6, 6.07) is 1.14. The molecule has 2 rings (SSSR count). The number of carbonyl (C=O) groups excluding carboxylic acids is 1. The molecule has 0 aliphatic heterocycles. The van der Waals surface area contributed by atoms with Crippen LogP contribution in [0.25, 0.3) is 0 Å². The first-order valence-electron chi connectivity index (χ1n) is 6.71. The molecule has 0 aliphatic carbocycles. The molecular weight excluding hydrogens is 302 g/mol. The van der Waals surface area contributed by atoms with Gasteiger partial charge >= 0.3 is 5.69 Å². The van der Waals surface area contributed by atoms with Gasteiger partial charge in [0.15, 0.2) is 0 Å². The van der Waals surface area contributed by atoms with E-state index in [0.717, 1.165) is 0 Å². The van der Waals surface area contributed by atoms with Crippen molar-refractivity contribution in [1.82, 2.24) is 19.6 Å². The molecule has 0 saturated carbocycles. The number of rotatable bonds is 4. The second-order valence-electron chi connectivity index (χ2n) is 5.03. The van der Waals surface area contributed by atoms with E-state index >= 15 is 0 Å². The van der Waals surface area contributed by atoms with Crippen LogP contribution in [0.4, 0.5) is 11.5 Å². The SMILES string of the molecule is Cc1nn(C(C)C(=O)Nc2c(C#N)cnn2C)c(C)c1[N+](=O)[O-]. The summed E-state index contributed by atoms with van der Waals surface area (Å²) in [5.74, 6) is -0.189. The minimum atomic E-state index is -0.788. The summed E-state index contributed by atoms with van der Waals surface area (Å²) in [5, 5.41) is 30.6. The highest BCUT2D eigenvalue weighted by molar-refractivity contribution is 5.93. The van der Waals surface area contributed by atoms with Crippen LogP contribution in [0.3, 0.4) is 0 Å². The average Bonchev–Trinajstić information content (AvgIpc) is 2.98. The smallest absolute Gasteiger partial charge is 0.308 e. The van der Waals surface area contributed by atoms with E-state index in [0.29, 0.717) is 5.69 Å². The highest BCUT2D eigenvalue weighted by Crippen LogP contribution is 2.25. The monoisotopic (exact) mass is 317 g/mol. The van der Waals surface area contributed by atoms with E-state index in [2.05, 4.69) is 15.5 Å². The van der Waals surface area contributed by atoms with Crippen molar-refractivity contribution in [2.75, 3.05) is 5.32 Å². The predicted molar refractivity (Wildman–Crippen MR) is 79.6 cm³/mol. The van der Waals surface area contributed by atoms with Gasteiger partial charge in [-0.1, -0.05) is 0 Å². The number of aromatic nitrogens is 4. The first-order valence-corrected chi connectivity index (χ1v) is 6.71. The fourth-order valence-electron chi connectivity index (χ4n) is 2.30. The molecule has 0 aliphatic rings. The molecular formula is C13H15N7O3. The van der Waals surface area contributed by atoms with Crippen molar-refractivity contribution < 1.29 is 9.72 Å². The number of nitriles is 1. The topological polar surface area (TPSA) is 132 Å². The molecule has 0 saturated heterocycles. The Hall–Kier alpha value is -3.22. The number of nitrogens with one attached hydrogen (secondary N) is 1. The summed E-state index contributed by atoms with van der Waals surface area (Å²) < 4.78 is 2.66. The lowest BCUT2D eigenvalue weighted by atomic mass is 10.2. The zero-order valence-electron chi connectivity index (χ0n) is 13.1. The van der Waals surface area contributed by atoms with Gasteiger partial charge in [0.05, 0.1) is 11.1 Å². The van der Waals surface area contributed by atoms with Gasteiger partial charge in [-0.2, -0.15) is 15.5 Å². The standard InChI is InChI=1S/C13H15N7O3/c1-7-11(20(22)23)8(2)19(17-7)9(3)13(21)16-12-10(5-14)6-15-18(12)4/h6,9H,1-4H3,(H,16,21). The van der Waals surface area contributed by atoms with Gasteiger partial charge < -0.3 is 5.32 Å². The molecule has 2 heterocycles. The van der Waals surface area contributed by atoms with Crippen molar-refractivity contribution in [2.24, 2.45) is 7.05 Å². The Morgan fingerprint density at radius 2 is 2.17 bits per heavy atom. The maximum Gasteiger partial charge on any atom is 0.312 e. The van der Waals surface area contributed by atoms with Crippen LogP contribution < -0.4 is 5.32 Å². The lowest BCUT2D eigenvalue weighted by Gasteiger charge is -2.14. The molecule has 10 nitrogen and oxygen atoms in total. The summed E-state index contributed by atoms with van der Waals surface area (Å²) in [5.41, 5.74) is 0.654. The average molecular weight is 317 g/mol. The zero-order valence-corrected chi connectivity index (χ0v) is 13.1. The normalized spacial score (nSPS) is 11.8. The molecule has 0 radical (unpaired) electrons. The first-order chi connectivity index (χ1) is 10.8. The molecule has 23 heavy (non-hydrogen) atoms. The van der Waals surface area contributed by atoms with E-state index in [1.165, 1.54) is 29.4 Å². The lowest BCUT2D eigenvalue weighted by molar-refractivity contribution is -0.386. The van der Waals surface area contributed by atoms with E-state index in [-0.39, 0.29) is 22.8 Å². The van der Waals surface area contributed by atoms with E-state index in [9.17, 15) is 14.9 Å². The van der Waals surface area contributed by atoms with Crippen molar-refractivity contribution in [3.8, 4) is 6.07 Å². The van der Waals surface area contributed by atoms with Gasteiger partial charge in [-0.15, -0.1) is 0 Å². The third kappa shape index (κ3) is 2.76. The van der Waals surface area contributed by atoms with Crippen LogP contribution in [0.15, 0.2) is 6.20 Å². The van der Waals surface area contributed by atoms with Crippen molar-refractivity contribution in [2.45, 2.75) is 26.8 Å². The molecule has 1 atom stereocenters. The number of anilines is 1. The van der Waals surface area contributed by atoms with Crippen molar-refractivity contribution >= 4 is 17.4 Å². The fourth-order valence-corrected chi connectivity index (χ4v) is 2.30. The molecule has 120 valence electrons. The van der Waals surface area contributed by atoms with Gasteiger partial charge in [0, 0.05) is 7.05 Å². The van der Waals surface area contributed by atoms with Gasteiger partial charge in [-0.25, -0.2) is 0 Å². The Morgan fingerprint density at radius 3 is 2.70 bits per heavy atom. The number of carbonyl (C=O) groups is 1. The Morgan fingerprint density at radius 1 is 1.52 bits per heavy atom. The molecule has 2 aromatic rings. The molecule has 2 aromatic heterocycles. The second kappa shape index (κ2) is 5.88. The predicted octanol–water partition coefficient (Wildman–Crippen LogP) is 1.21. The number of aryl methyl sites for hydroxylation is 2. The van der Waals surface area contributed by atoms with Gasteiger partial charge in [0.25, 0.3) is 0 Å². The molecule has 0 fully saturated rings. The second-order valence-corrected chi connectivity index (χ2v) is 5.03. The maximum absolute atomic E-state index is 12.4. The Balaban J connectivity index is 2.31. The summed E-state index contributed by atoms with van der Waals surface area (Å²) >= 11 is 0. The zero-order chi connectivity index (χ0) is 17.3. The number of nitrogens with zero attached hydrogens (tertiary/aromatic N) is 6. The summed E-state index contributed by atoms with van der Waals surface area (Å²) in [6.45, 7) is 4.62. The van der Waals surface area contributed by atoms with Crippen LogP contribution >= 0.6 is 0 Å². The Bertz CT molecular complexity index is 827. The quantitative estimate of drug-likeness (QED) is 0.666. The minimum Gasteiger partial charge on any atom is -0.308 e. The van der Waals surface area contributed by atoms with Crippen molar-refractivity contribution in [1.29, 1.82) is 5.26 Å². The molecule has 1 N–H and O–H groups in total. The van der Waals surface area contributed by atoms with Crippen molar-refractivity contribution in [3.05, 3.63) is 33.3 Å². The van der Waals surface area contributed by atoms with Crippen LogP contribution in [0.2, 0.25) is 0 Å². The number of amides is 1. The van der Waals surface area contributed by atoms with E-state index in [1.807, 2.05) is 6.07 Å². The molecule has 0 aromatic carbocycles. The minimum absolute atomic E-state index is 0.108. The molecule has 1 amide bonds. The molecule has 10 heteroatoms. The molecule has 1 unspecified atom stereocenters. The highest BCUT2D eigenvalue weighted by Gasteiger charge is 2.27. The first kappa shape index (κ1) is 16.2. The third-order valence-corrected chi connectivity index (χ3v) is 3.52. The number of hydrogen-bond acceptors (Lipinski definition) is 6. The van der Waals surface area contributed by atoms with Crippen LogP contribution in [0, 0.1) is 35.3 Å². The highest BCUT2D eigenvalue weighted by atomic mass is 16.6. The molecule has 0 spiro atoms. The third-order valence-electron chi connectivity index (χ3n) is 3.52. The molecule has 0 bridgehead atoms. The van der Waals surface area contributed by atoms with E-state index < -0.39 is 16.9 Å². The van der Waals surface area contributed by atoms with Gasteiger partial charge in [0.2, 0.25) is 5.91 Å². The van der Waals surface area contributed by atoms with Gasteiger partial charge in [0.1, 0.15) is 34.9 Å². The van der Waals surface area contributed by atoms with Crippen LogP contribution in [0.5, 0.6) is 0 Å².